The molecule has 61 heavy (non-hydrogen) atoms. The highest BCUT2D eigenvalue weighted by atomic mass is 15.1. The zero-order valence-electron chi connectivity index (χ0n) is 53.5. The first-order valence-electron chi connectivity index (χ1n) is 29.8. The highest BCUT2D eigenvalue weighted by Gasteiger charge is 2.21. The second kappa shape index (κ2) is 15.5. The van der Waals surface area contributed by atoms with Crippen molar-refractivity contribution in [1.29, 1.82) is 0 Å². The molecule has 11 aromatic rings. The van der Waals surface area contributed by atoms with Crippen LogP contribution in [0, 0.1) is 0 Å². The monoisotopic (exact) mass is 800 g/mol. The number of para-hydroxylation sites is 1. The molecule has 0 aliphatic carbocycles. The normalized spacial score (nSPS) is 16.3. The van der Waals surface area contributed by atoms with Gasteiger partial charge in [-0.3, -0.25) is 0 Å². The fraction of sp³-hybridized carbons (Fsp3) is 0. The third-order valence-corrected chi connectivity index (χ3v) is 9.96. The van der Waals surface area contributed by atoms with E-state index in [0.717, 1.165) is 5.56 Å². The van der Waals surface area contributed by atoms with Gasteiger partial charge in [-0.05, 0) is 86.9 Å². The molecule has 9 aromatic carbocycles. The molecule has 0 atom stereocenters. The quantitative estimate of drug-likeness (QED) is 0.154. The van der Waals surface area contributed by atoms with Crippen LogP contribution in [0.2, 0.25) is 0 Å². The Morgan fingerprint density at radius 3 is 1.56 bits per heavy atom. The smallest absolute Gasteiger partial charge is 0.166 e. The van der Waals surface area contributed by atoms with Gasteiger partial charge in [-0.25, -0.2) is 15.0 Å². The summed E-state index contributed by atoms with van der Waals surface area (Å²) in [5.74, 6) is -0.803. The lowest BCUT2D eigenvalue weighted by atomic mass is 9.97. The first-order chi connectivity index (χ1) is 39.4. The molecule has 0 saturated carbocycles. The van der Waals surface area contributed by atoms with Crippen LogP contribution in [0.4, 0.5) is 0 Å². The zero-order chi connectivity index (χ0) is 59.7. The third kappa shape index (κ3) is 6.86. The van der Waals surface area contributed by atoms with Crippen LogP contribution in [0.25, 0.3) is 106 Å². The van der Waals surface area contributed by atoms with Crippen molar-refractivity contribution in [2.24, 2.45) is 0 Å². The zero-order valence-corrected chi connectivity index (χ0v) is 31.5. The highest BCUT2D eigenvalue weighted by molar-refractivity contribution is 6.11. The Morgan fingerprint density at radius 1 is 0.328 bits per heavy atom. The topological polar surface area (TPSA) is 43.6 Å². The van der Waals surface area contributed by atoms with Crippen molar-refractivity contribution in [3.8, 4) is 84.4 Å². The highest BCUT2D eigenvalue weighted by Crippen LogP contribution is 2.40. The molecule has 4 nitrogen and oxygen atoms in total. The van der Waals surface area contributed by atoms with E-state index in [1.807, 2.05) is 36.4 Å². The predicted molar refractivity (Wildman–Crippen MR) is 252 cm³/mol. The van der Waals surface area contributed by atoms with Gasteiger partial charge in [0.2, 0.25) is 0 Å². The van der Waals surface area contributed by atoms with Gasteiger partial charge in [0, 0.05) is 27.5 Å². The molecule has 2 heterocycles. The Hall–Kier alpha value is -8.21. The summed E-state index contributed by atoms with van der Waals surface area (Å²) in [7, 11) is 0. The lowest BCUT2D eigenvalue weighted by Crippen LogP contribution is -2.04. The summed E-state index contributed by atoms with van der Waals surface area (Å²) in [5.41, 5.74) is 0.147. The molecule has 0 bridgehead atoms. The summed E-state index contributed by atoms with van der Waals surface area (Å²) in [6, 6.07) is 11.9. The van der Waals surface area contributed by atoms with Gasteiger partial charge in [0.15, 0.2) is 17.5 Å². The van der Waals surface area contributed by atoms with Crippen LogP contribution in [-0.4, -0.2) is 19.5 Å². The van der Waals surface area contributed by atoms with Crippen LogP contribution in [0.15, 0.2) is 230 Å². The van der Waals surface area contributed by atoms with E-state index in [1.54, 1.807) is 48.5 Å². The SMILES string of the molecule is [2H]c1c([2H])c([2H])c(-c2cccc(-c3ccc(-n4c5c([2H])c([2H])c([2H])c([2H])c5c5c([2H])c(-c6c([2H])c([2H])c([2H])c([2H])c6[2H])c([2H])c([2H])c54)c(-c4nc(-c5cccc(-c6ccccc6)c5)nc(-c5c([2H])c([2H])c([2H])c([2H])c5[2H])n4)c3)c2)c([2H])c1[2H]. The molecule has 0 saturated heterocycles. The van der Waals surface area contributed by atoms with E-state index in [-0.39, 0.29) is 55.8 Å². The van der Waals surface area contributed by atoms with Crippen LogP contribution in [0.5, 0.6) is 0 Å². The number of nitrogens with zero attached hydrogens (tertiary/aromatic N) is 4. The van der Waals surface area contributed by atoms with Crippen molar-refractivity contribution in [3.63, 3.8) is 0 Å². The van der Waals surface area contributed by atoms with Crippen LogP contribution >= 0.6 is 0 Å². The summed E-state index contributed by atoms with van der Waals surface area (Å²) in [4.78, 5) is 14.6. The number of benzene rings is 9. The van der Waals surface area contributed by atoms with E-state index in [0.29, 0.717) is 22.3 Å². The molecule has 0 aliphatic heterocycles. The maximum absolute atomic E-state index is 9.81. The van der Waals surface area contributed by atoms with E-state index < -0.39 is 155 Å². The third-order valence-electron chi connectivity index (χ3n) is 9.96. The van der Waals surface area contributed by atoms with Gasteiger partial charge in [0.25, 0.3) is 0 Å². The number of rotatable bonds is 8. The summed E-state index contributed by atoms with van der Waals surface area (Å²) in [6.45, 7) is 0. The van der Waals surface area contributed by atoms with E-state index in [2.05, 4.69) is 0 Å². The summed E-state index contributed by atoms with van der Waals surface area (Å²) in [6.07, 6.45) is 0. The van der Waals surface area contributed by atoms with E-state index in [1.165, 1.54) is 16.7 Å². The predicted octanol–water partition coefficient (Wildman–Crippen LogP) is 14.6. The Bertz CT molecular complexity index is 4570. The minimum atomic E-state index is -0.813. The number of hydrogen-bond acceptors (Lipinski definition) is 3. The molecule has 0 spiro atoms. The van der Waals surface area contributed by atoms with E-state index >= 15 is 0 Å². The second-order valence-electron chi connectivity index (χ2n) is 13.6. The molecule has 0 amide bonds. The molecule has 286 valence electrons. The summed E-state index contributed by atoms with van der Waals surface area (Å²) >= 11 is 0. The van der Waals surface area contributed by atoms with Gasteiger partial charge < -0.3 is 4.57 Å². The molecule has 0 unspecified atom stereocenters. The van der Waals surface area contributed by atoms with Crippen LogP contribution in [0.3, 0.4) is 0 Å². The van der Waals surface area contributed by atoms with Crippen molar-refractivity contribution in [1.82, 2.24) is 19.5 Å². The molecule has 11 rings (SSSR count). The van der Waals surface area contributed by atoms with Crippen molar-refractivity contribution in [2.75, 3.05) is 0 Å². The van der Waals surface area contributed by atoms with Crippen LogP contribution < -0.4 is 0 Å². The van der Waals surface area contributed by atoms with Crippen molar-refractivity contribution in [2.45, 2.75) is 0 Å². The van der Waals surface area contributed by atoms with Crippen molar-refractivity contribution in [3.05, 3.63) is 230 Å². The van der Waals surface area contributed by atoms with Gasteiger partial charge in [0.05, 0.1) is 46.9 Å². The van der Waals surface area contributed by atoms with Gasteiger partial charge >= 0.3 is 0 Å². The van der Waals surface area contributed by atoms with Crippen molar-refractivity contribution >= 4 is 21.8 Å². The number of fused-ring (bicyclic) bond motifs is 3. The van der Waals surface area contributed by atoms with Crippen molar-refractivity contribution < 1.29 is 30.2 Å². The average molecular weight is 801 g/mol. The molecule has 4 heteroatoms. The standard InChI is InChI=1S/C57H38N4/c1-5-17-39(18-6-1)43-25-15-27-45(35-43)47-32-34-54(61-52-30-14-13-29-49(52)50-37-46(31-33-53(50)61)41-21-9-3-10-22-41)51(38-47)57-59-55(42-23-11-4-12-24-42)58-56(60-57)48-28-16-26-44(36-48)40-19-7-2-8-20-40/h1-38H/i1D,3D,4D,5D,6D,9D,10D,11D,12D,13D,14D,17D,18D,21D,22D,23D,24D,29D,30D,31D,33D,37D. The Kier molecular flexibility index (Phi) is 5.01. The molecule has 0 aliphatic rings. The first-order valence-corrected chi connectivity index (χ1v) is 18.8. The van der Waals surface area contributed by atoms with Crippen LogP contribution in [-0.2, 0) is 0 Å². The maximum atomic E-state index is 9.81. The van der Waals surface area contributed by atoms with Gasteiger partial charge in [0.1, 0.15) is 0 Å². The Morgan fingerprint density at radius 2 is 0.836 bits per heavy atom. The molecule has 2 aromatic heterocycles. The fourth-order valence-electron chi connectivity index (χ4n) is 7.16. The lowest BCUT2D eigenvalue weighted by Gasteiger charge is -2.17. The molecular weight excluding hydrogens is 741 g/mol. The molecule has 0 fully saturated rings. The van der Waals surface area contributed by atoms with Crippen LogP contribution in [0.1, 0.15) is 30.2 Å². The lowest BCUT2D eigenvalue weighted by molar-refractivity contribution is 1.06. The Balaban J connectivity index is 1.31. The summed E-state index contributed by atoms with van der Waals surface area (Å²) in [5, 5.41) is -0.724. The largest absolute Gasteiger partial charge is 0.309 e. The fourth-order valence-corrected chi connectivity index (χ4v) is 7.16. The second-order valence-corrected chi connectivity index (χ2v) is 13.6. The maximum Gasteiger partial charge on any atom is 0.166 e. The van der Waals surface area contributed by atoms with Gasteiger partial charge in [-0.2, -0.15) is 0 Å². The first kappa shape index (κ1) is 19.7. The van der Waals surface area contributed by atoms with Gasteiger partial charge in [-0.1, -0.05) is 188 Å². The average Bonchev–Trinajstić information content (AvgIpc) is 2.10. The molecular formula is C57H38N4. The van der Waals surface area contributed by atoms with E-state index in [4.69, 9.17) is 38.3 Å². The minimum absolute atomic E-state index is 0.0643. The Labute approximate surface area is 385 Å². The number of hydrogen-bond donors (Lipinski definition) is 0. The minimum Gasteiger partial charge on any atom is -0.309 e. The summed E-state index contributed by atoms with van der Waals surface area (Å²) < 4.78 is 196. The van der Waals surface area contributed by atoms with E-state index in [9.17, 15) is 6.85 Å². The molecule has 0 N–H and O–H groups in total. The number of aromatic nitrogens is 4. The molecule has 0 radical (unpaired) electrons. The van der Waals surface area contributed by atoms with Gasteiger partial charge in [-0.15, -0.1) is 0 Å².